The van der Waals surface area contributed by atoms with Gasteiger partial charge in [-0.25, -0.2) is 9.18 Å². The van der Waals surface area contributed by atoms with Gasteiger partial charge in [-0.2, -0.15) is 0 Å². The number of nitrogens with one attached hydrogen (secondary N) is 1. The molecule has 9 heteroatoms. The molecule has 0 aliphatic carbocycles. The van der Waals surface area contributed by atoms with E-state index in [0.29, 0.717) is 19.5 Å². The summed E-state index contributed by atoms with van der Waals surface area (Å²) in [7, 11) is 0. The third kappa shape index (κ3) is 5.33. The van der Waals surface area contributed by atoms with E-state index in [1.807, 2.05) is 13.8 Å². The van der Waals surface area contributed by atoms with E-state index in [2.05, 4.69) is 5.32 Å². The van der Waals surface area contributed by atoms with Gasteiger partial charge in [0.25, 0.3) is 0 Å². The Kier molecular flexibility index (Phi) is 6.90. The lowest BCUT2D eigenvalue weighted by atomic mass is 10.1. The Bertz CT molecular complexity index is 607. The Morgan fingerprint density at radius 2 is 1.82 bits per heavy atom. The standard InChI is InChI=1S/C19H33FN4O4/c1-11(2)17(26)23-10-13(7-14(23)8-21)22-16(25)15-6-12(20)9-24(15)18(27)28-19(3,4)5/h11-15H,6-10,21H2,1-5H3,(H,22,25)/t12-,13+,14+,15-/m0/s1. The lowest BCUT2D eigenvalue weighted by molar-refractivity contribution is -0.135. The fraction of sp³-hybridized carbons (Fsp3) is 0.842. The summed E-state index contributed by atoms with van der Waals surface area (Å²) in [6, 6.07) is -1.33. The normalized spacial score (nSPS) is 28.0. The maximum absolute atomic E-state index is 14.0. The highest BCUT2D eigenvalue weighted by Gasteiger charge is 2.43. The molecule has 0 saturated carbocycles. The summed E-state index contributed by atoms with van der Waals surface area (Å²) in [4.78, 5) is 40.3. The van der Waals surface area contributed by atoms with E-state index in [1.54, 1.807) is 25.7 Å². The van der Waals surface area contributed by atoms with Crippen LogP contribution in [0, 0.1) is 5.92 Å². The molecular formula is C19H33FN4O4. The molecule has 3 N–H and O–H groups in total. The van der Waals surface area contributed by atoms with Gasteiger partial charge in [-0.15, -0.1) is 0 Å². The Morgan fingerprint density at radius 3 is 2.36 bits per heavy atom. The van der Waals surface area contributed by atoms with Crippen LogP contribution in [0.25, 0.3) is 0 Å². The number of hydrogen-bond donors (Lipinski definition) is 2. The second-order valence-corrected chi connectivity index (χ2v) is 8.96. The fourth-order valence-electron chi connectivity index (χ4n) is 3.70. The highest BCUT2D eigenvalue weighted by Crippen LogP contribution is 2.25. The number of carbonyl (C=O) groups excluding carboxylic acids is 3. The monoisotopic (exact) mass is 400 g/mol. The number of halogens is 1. The number of carbonyl (C=O) groups is 3. The third-order valence-electron chi connectivity index (χ3n) is 4.99. The first kappa shape index (κ1) is 22.4. The molecule has 2 aliphatic heterocycles. The molecule has 0 aromatic carbocycles. The number of hydrogen-bond acceptors (Lipinski definition) is 5. The summed E-state index contributed by atoms with van der Waals surface area (Å²) >= 11 is 0. The van der Waals surface area contributed by atoms with Gasteiger partial charge in [0.2, 0.25) is 11.8 Å². The number of rotatable bonds is 4. The third-order valence-corrected chi connectivity index (χ3v) is 4.99. The topological polar surface area (TPSA) is 105 Å². The number of likely N-dealkylation sites (tertiary alicyclic amines) is 2. The maximum Gasteiger partial charge on any atom is 0.411 e. The van der Waals surface area contributed by atoms with Gasteiger partial charge in [0.15, 0.2) is 0 Å². The van der Waals surface area contributed by atoms with Crippen LogP contribution in [-0.2, 0) is 14.3 Å². The zero-order valence-electron chi connectivity index (χ0n) is 17.4. The van der Waals surface area contributed by atoms with E-state index in [1.165, 1.54) is 0 Å². The Hall–Kier alpha value is -1.90. The van der Waals surface area contributed by atoms with Gasteiger partial charge in [0, 0.05) is 37.5 Å². The molecule has 8 nitrogen and oxygen atoms in total. The van der Waals surface area contributed by atoms with Crippen LogP contribution in [0.5, 0.6) is 0 Å². The van der Waals surface area contributed by atoms with Crippen molar-refractivity contribution < 1.29 is 23.5 Å². The van der Waals surface area contributed by atoms with Gasteiger partial charge in [-0.05, 0) is 27.2 Å². The summed E-state index contributed by atoms with van der Waals surface area (Å²) in [5, 5.41) is 2.87. The minimum atomic E-state index is -1.28. The summed E-state index contributed by atoms with van der Waals surface area (Å²) in [5.74, 6) is -0.591. The van der Waals surface area contributed by atoms with Crippen LogP contribution < -0.4 is 11.1 Å². The van der Waals surface area contributed by atoms with Gasteiger partial charge in [-0.1, -0.05) is 13.8 Å². The molecule has 2 aliphatic rings. The summed E-state index contributed by atoms with van der Waals surface area (Å²) in [6.07, 6.45) is -1.50. The molecule has 28 heavy (non-hydrogen) atoms. The Morgan fingerprint density at radius 1 is 1.18 bits per heavy atom. The largest absolute Gasteiger partial charge is 0.444 e. The van der Waals surface area contributed by atoms with Crippen molar-refractivity contribution >= 4 is 17.9 Å². The summed E-state index contributed by atoms with van der Waals surface area (Å²) < 4.78 is 19.3. The molecule has 0 radical (unpaired) electrons. The highest BCUT2D eigenvalue weighted by atomic mass is 19.1. The molecule has 2 rings (SSSR count). The molecule has 2 saturated heterocycles. The molecule has 2 heterocycles. The SMILES string of the molecule is CC(C)C(=O)N1C[C@H](NC(=O)[C@@H]2C[C@H](F)CN2C(=O)OC(C)(C)C)C[C@@H]1CN. The molecule has 2 fully saturated rings. The van der Waals surface area contributed by atoms with Crippen molar-refractivity contribution in [2.24, 2.45) is 11.7 Å². The summed E-state index contributed by atoms with van der Waals surface area (Å²) in [6.45, 7) is 9.30. The number of ether oxygens (including phenoxy) is 1. The molecule has 0 aromatic heterocycles. The summed E-state index contributed by atoms with van der Waals surface area (Å²) in [5.41, 5.74) is 5.06. The Balaban J connectivity index is 2.02. The van der Waals surface area contributed by atoms with Gasteiger partial charge in [0.1, 0.15) is 17.8 Å². The Labute approximate surface area is 165 Å². The first-order chi connectivity index (χ1) is 12.9. The highest BCUT2D eigenvalue weighted by molar-refractivity contribution is 5.87. The van der Waals surface area contributed by atoms with Crippen LogP contribution in [-0.4, -0.2) is 77.2 Å². The van der Waals surface area contributed by atoms with Crippen LogP contribution in [0.1, 0.15) is 47.5 Å². The van der Waals surface area contributed by atoms with Crippen LogP contribution in [0.15, 0.2) is 0 Å². The average Bonchev–Trinajstić information content (AvgIpc) is 3.15. The molecule has 3 amide bonds. The minimum absolute atomic E-state index is 0.00716. The molecule has 0 unspecified atom stereocenters. The number of alkyl halides is 1. The maximum atomic E-state index is 14.0. The number of amides is 3. The minimum Gasteiger partial charge on any atom is -0.444 e. The lowest BCUT2D eigenvalue weighted by Crippen LogP contribution is -2.50. The molecule has 0 bridgehead atoms. The van der Waals surface area contributed by atoms with Gasteiger partial charge < -0.3 is 20.7 Å². The number of nitrogens with zero attached hydrogens (tertiary/aromatic N) is 2. The van der Waals surface area contributed by atoms with Crippen molar-refractivity contribution in [1.82, 2.24) is 15.1 Å². The second kappa shape index (κ2) is 8.63. The van der Waals surface area contributed by atoms with Crippen LogP contribution in [0.4, 0.5) is 9.18 Å². The van der Waals surface area contributed by atoms with E-state index >= 15 is 0 Å². The van der Waals surface area contributed by atoms with Gasteiger partial charge >= 0.3 is 6.09 Å². The first-order valence-electron chi connectivity index (χ1n) is 9.87. The van der Waals surface area contributed by atoms with Gasteiger partial charge in [-0.3, -0.25) is 14.5 Å². The molecule has 0 spiro atoms. The predicted molar refractivity (Wildman–Crippen MR) is 102 cm³/mol. The molecular weight excluding hydrogens is 367 g/mol. The van der Waals surface area contributed by atoms with E-state index in [9.17, 15) is 18.8 Å². The first-order valence-corrected chi connectivity index (χ1v) is 9.87. The quantitative estimate of drug-likeness (QED) is 0.733. The predicted octanol–water partition coefficient (Wildman–Crippen LogP) is 1.03. The zero-order valence-corrected chi connectivity index (χ0v) is 17.4. The van der Waals surface area contributed by atoms with Gasteiger partial charge in [0.05, 0.1) is 6.54 Å². The van der Waals surface area contributed by atoms with Crippen molar-refractivity contribution in [1.29, 1.82) is 0 Å². The smallest absolute Gasteiger partial charge is 0.411 e. The average molecular weight is 400 g/mol. The van der Waals surface area contributed by atoms with Crippen molar-refractivity contribution in [3.05, 3.63) is 0 Å². The number of nitrogens with two attached hydrogens (primary N) is 1. The van der Waals surface area contributed by atoms with E-state index < -0.39 is 29.8 Å². The van der Waals surface area contributed by atoms with Crippen molar-refractivity contribution in [3.63, 3.8) is 0 Å². The molecule has 4 atom stereocenters. The second-order valence-electron chi connectivity index (χ2n) is 8.96. The molecule has 0 aromatic rings. The van der Waals surface area contributed by atoms with Crippen LogP contribution in [0.3, 0.4) is 0 Å². The zero-order chi connectivity index (χ0) is 21.2. The van der Waals surface area contributed by atoms with E-state index in [4.69, 9.17) is 10.5 Å². The van der Waals surface area contributed by atoms with Crippen molar-refractivity contribution in [2.45, 2.75) is 77.4 Å². The van der Waals surface area contributed by atoms with Crippen molar-refractivity contribution in [3.8, 4) is 0 Å². The van der Waals surface area contributed by atoms with Crippen LogP contribution >= 0.6 is 0 Å². The van der Waals surface area contributed by atoms with E-state index in [0.717, 1.165) is 4.90 Å². The van der Waals surface area contributed by atoms with E-state index in [-0.39, 0.29) is 36.9 Å². The van der Waals surface area contributed by atoms with Crippen molar-refractivity contribution in [2.75, 3.05) is 19.6 Å². The van der Waals surface area contributed by atoms with Crippen LogP contribution in [0.2, 0.25) is 0 Å². The molecule has 160 valence electrons. The lowest BCUT2D eigenvalue weighted by Gasteiger charge is -2.28. The fourth-order valence-corrected chi connectivity index (χ4v) is 3.70.